The summed E-state index contributed by atoms with van der Waals surface area (Å²) in [6.07, 6.45) is 0. The molecule has 2 aromatic carbocycles. The van der Waals surface area contributed by atoms with Gasteiger partial charge in [-0.25, -0.2) is 4.39 Å². The summed E-state index contributed by atoms with van der Waals surface area (Å²) >= 11 is 0. The van der Waals surface area contributed by atoms with Gasteiger partial charge in [0.05, 0.1) is 17.9 Å². The summed E-state index contributed by atoms with van der Waals surface area (Å²) in [5, 5.41) is 12.5. The molecule has 1 aliphatic rings. The number of aromatic hydroxyl groups is 1. The monoisotopic (exact) mass is 329 g/mol. The van der Waals surface area contributed by atoms with Gasteiger partial charge in [0.1, 0.15) is 11.6 Å². The van der Waals surface area contributed by atoms with E-state index in [-0.39, 0.29) is 23.9 Å². The molecule has 1 heterocycles. The molecule has 5 nitrogen and oxygen atoms in total. The summed E-state index contributed by atoms with van der Waals surface area (Å²) < 4.78 is 13.5. The van der Waals surface area contributed by atoms with Crippen LogP contribution in [0.5, 0.6) is 5.75 Å². The highest BCUT2D eigenvalue weighted by Gasteiger charge is 2.20. The maximum atomic E-state index is 13.5. The Balaban J connectivity index is 1.51. The lowest BCUT2D eigenvalue weighted by atomic mass is 10.2. The first-order valence-corrected chi connectivity index (χ1v) is 7.93. The number of anilines is 2. The summed E-state index contributed by atoms with van der Waals surface area (Å²) in [7, 11) is 0. The molecule has 24 heavy (non-hydrogen) atoms. The van der Waals surface area contributed by atoms with Crippen molar-refractivity contribution in [2.75, 3.05) is 42.9 Å². The zero-order valence-corrected chi connectivity index (χ0v) is 13.3. The van der Waals surface area contributed by atoms with Crippen LogP contribution in [0.15, 0.2) is 48.5 Å². The Labute approximate surface area is 140 Å². The van der Waals surface area contributed by atoms with Gasteiger partial charge in [0.2, 0.25) is 5.91 Å². The maximum absolute atomic E-state index is 13.5. The Kier molecular flexibility index (Phi) is 4.96. The number of piperazine rings is 1. The number of nitrogens with zero attached hydrogens (tertiary/aromatic N) is 2. The predicted molar refractivity (Wildman–Crippen MR) is 91.8 cm³/mol. The van der Waals surface area contributed by atoms with E-state index in [1.54, 1.807) is 30.3 Å². The molecule has 0 saturated carbocycles. The molecule has 0 unspecified atom stereocenters. The maximum Gasteiger partial charge on any atom is 0.238 e. The van der Waals surface area contributed by atoms with E-state index in [2.05, 4.69) is 10.2 Å². The third kappa shape index (κ3) is 3.83. The van der Waals surface area contributed by atoms with Gasteiger partial charge in [-0.05, 0) is 24.3 Å². The SMILES string of the molecule is O=C(CN1CCN(c2ccccc2O)CC1)Nc1ccccc1F. The van der Waals surface area contributed by atoms with E-state index < -0.39 is 5.82 Å². The van der Waals surface area contributed by atoms with Gasteiger partial charge in [-0.1, -0.05) is 24.3 Å². The Morgan fingerprint density at radius 1 is 1.04 bits per heavy atom. The van der Waals surface area contributed by atoms with E-state index in [1.807, 2.05) is 17.0 Å². The van der Waals surface area contributed by atoms with Crippen LogP contribution in [-0.2, 0) is 4.79 Å². The number of halogens is 1. The minimum atomic E-state index is -0.435. The highest BCUT2D eigenvalue weighted by Crippen LogP contribution is 2.27. The molecule has 1 fully saturated rings. The van der Waals surface area contributed by atoms with E-state index in [9.17, 15) is 14.3 Å². The number of hydrogen-bond acceptors (Lipinski definition) is 4. The van der Waals surface area contributed by atoms with Crippen molar-refractivity contribution >= 4 is 17.3 Å². The van der Waals surface area contributed by atoms with Crippen LogP contribution in [-0.4, -0.2) is 48.6 Å². The molecule has 1 amide bonds. The van der Waals surface area contributed by atoms with Crippen molar-refractivity contribution in [3.8, 4) is 5.75 Å². The topological polar surface area (TPSA) is 55.8 Å². The zero-order chi connectivity index (χ0) is 16.9. The van der Waals surface area contributed by atoms with Crippen molar-refractivity contribution in [3.05, 3.63) is 54.3 Å². The Bertz CT molecular complexity index is 715. The van der Waals surface area contributed by atoms with E-state index in [1.165, 1.54) is 6.07 Å². The largest absolute Gasteiger partial charge is 0.506 e. The van der Waals surface area contributed by atoms with Crippen LogP contribution in [0.3, 0.4) is 0 Å². The van der Waals surface area contributed by atoms with Crippen molar-refractivity contribution in [2.24, 2.45) is 0 Å². The van der Waals surface area contributed by atoms with Crippen LogP contribution in [0, 0.1) is 5.82 Å². The van der Waals surface area contributed by atoms with Gasteiger partial charge in [0.25, 0.3) is 0 Å². The lowest BCUT2D eigenvalue weighted by Crippen LogP contribution is -2.48. The average Bonchev–Trinajstić information content (AvgIpc) is 2.58. The van der Waals surface area contributed by atoms with E-state index in [0.717, 1.165) is 18.8 Å². The number of carbonyl (C=O) groups excluding carboxylic acids is 1. The van der Waals surface area contributed by atoms with Crippen LogP contribution in [0.25, 0.3) is 0 Å². The Morgan fingerprint density at radius 2 is 1.71 bits per heavy atom. The van der Waals surface area contributed by atoms with E-state index >= 15 is 0 Å². The van der Waals surface area contributed by atoms with Crippen LogP contribution in [0.1, 0.15) is 0 Å². The Morgan fingerprint density at radius 3 is 2.42 bits per heavy atom. The fourth-order valence-corrected chi connectivity index (χ4v) is 2.83. The molecule has 0 radical (unpaired) electrons. The second-order valence-electron chi connectivity index (χ2n) is 5.78. The smallest absolute Gasteiger partial charge is 0.238 e. The number of amides is 1. The number of hydrogen-bond donors (Lipinski definition) is 2. The number of phenols is 1. The molecule has 2 N–H and O–H groups in total. The zero-order valence-electron chi connectivity index (χ0n) is 13.3. The van der Waals surface area contributed by atoms with Crippen LogP contribution in [0.2, 0.25) is 0 Å². The Hall–Kier alpha value is -2.60. The quantitative estimate of drug-likeness (QED) is 0.904. The third-order valence-electron chi connectivity index (χ3n) is 4.11. The fraction of sp³-hybridized carbons (Fsp3) is 0.278. The second-order valence-corrected chi connectivity index (χ2v) is 5.78. The van der Waals surface area contributed by atoms with Crippen molar-refractivity contribution < 1.29 is 14.3 Å². The molecule has 2 aromatic rings. The van der Waals surface area contributed by atoms with Gasteiger partial charge >= 0.3 is 0 Å². The number of nitrogens with one attached hydrogen (secondary N) is 1. The van der Waals surface area contributed by atoms with Gasteiger partial charge in [-0.15, -0.1) is 0 Å². The molecule has 0 atom stereocenters. The summed E-state index contributed by atoms with van der Waals surface area (Å²) in [6.45, 7) is 3.09. The lowest BCUT2D eigenvalue weighted by Gasteiger charge is -2.35. The third-order valence-corrected chi connectivity index (χ3v) is 4.11. The molecular weight excluding hydrogens is 309 g/mol. The molecule has 1 aliphatic heterocycles. The lowest BCUT2D eigenvalue weighted by molar-refractivity contribution is -0.117. The molecular formula is C18H20FN3O2. The predicted octanol–water partition coefficient (Wildman–Crippen LogP) is 2.29. The molecule has 3 rings (SSSR count). The van der Waals surface area contributed by atoms with Gasteiger partial charge in [0, 0.05) is 26.2 Å². The molecule has 1 saturated heterocycles. The van der Waals surface area contributed by atoms with Gasteiger partial charge in [0.15, 0.2) is 0 Å². The first-order valence-electron chi connectivity index (χ1n) is 7.93. The number of rotatable bonds is 4. The standard InChI is InChI=1S/C18H20FN3O2/c19-14-5-1-2-6-15(14)20-18(24)13-21-9-11-22(12-10-21)16-7-3-4-8-17(16)23/h1-8,23H,9-13H2,(H,20,24). The van der Waals surface area contributed by atoms with Crippen LogP contribution >= 0.6 is 0 Å². The van der Waals surface area contributed by atoms with Crippen LogP contribution < -0.4 is 10.2 Å². The first kappa shape index (κ1) is 16.3. The second kappa shape index (κ2) is 7.31. The highest BCUT2D eigenvalue weighted by molar-refractivity contribution is 5.92. The molecule has 0 bridgehead atoms. The molecule has 0 aromatic heterocycles. The average molecular weight is 329 g/mol. The minimum absolute atomic E-state index is 0.204. The summed E-state index contributed by atoms with van der Waals surface area (Å²) in [6, 6.07) is 13.4. The van der Waals surface area contributed by atoms with E-state index in [0.29, 0.717) is 13.1 Å². The number of benzene rings is 2. The molecule has 126 valence electrons. The first-order chi connectivity index (χ1) is 11.6. The van der Waals surface area contributed by atoms with Crippen LogP contribution in [0.4, 0.5) is 15.8 Å². The number of phenolic OH excluding ortho intramolecular Hbond substituents is 1. The van der Waals surface area contributed by atoms with Crippen molar-refractivity contribution in [1.29, 1.82) is 0 Å². The molecule has 0 aliphatic carbocycles. The van der Waals surface area contributed by atoms with Gasteiger partial charge < -0.3 is 15.3 Å². The number of carbonyl (C=O) groups is 1. The summed E-state index contributed by atoms with van der Waals surface area (Å²) in [5.41, 5.74) is 1.02. The molecule has 0 spiro atoms. The highest BCUT2D eigenvalue weighted by atomic mass is 19.1. The summed E-state index contributed by atoms with van der Waals surface area (Å²) in [5.74, 6) is -0.394. The van der Waals surface area contributed by atoms with Crippen molar-refractivity contribution in [2.45, 2.75) is 0 Å². The van der Waals surface area contributed by atoms with Gasteiger partial charge in [-0.2, -0.15) is 0 Å². The number of para-hydroxylation sites is 3. The minimum Gasteiger partial charge on any atom is -0.506 e. The summed E-state index contributed by atoms with van der Waals surface area (Å²) in [4.78, 5) is 16.2. The van der Waals surface area contributed by atoms with E-state index in [4.69, 9.17) is 0 Å². The molecule has 6 heteroatoms. The van der Waals surface area contributed by atoms with Crippen molar-refractivity contribution in [1.82, 2.24) is 4.90 Å². The van der Waals surface area contributed by atoms with Crippen molar-refractivity contribution in [3.63, 3.8) is 0 Å². The van der Waals surface area contributed by atoms with Gasteiger partial charge in [-0.3, -0.25) is 9.69 Å². The fourth-order valence-electron chi connectivity index (χ4n) is 2.83. The normalized spacial score (nSPS) is 15.3.